The molecule has 54 valence electrons. The van der Waals surface area contributed by atoms with Crippen molar-refractivity contribution in [3.8, 4) is 0 Å². The van der Waals surface area contributed by atoms with Crippen LogP contribution < -0.4 is 0 Å². The molecule has 0 atom stereocenters. The summed E-state index contributed by atoms with van der Waals surface area (Å²) in [5.74, 6) is 0. The Morgan fingerprint density at radius 1 is 1.12 bits per heavy atom. The minimum absolute atomic E-state index is 0. The Morgan fingerprint density at radius 3 is 1.25 bits per heavy atom. The van der Waals surface area contributed by atoms with Gasteiger partial charge in [0.2, 0.25) is 0 Å². The highest BCUT2D eigenvalue weighted by Gasteiger charge is 2.06. The molecule has 8 heavy (non-hydrogen) atoms. The molecule has 0 spiro atoms. The van der Waals surface area contributed by atoms with Crippen molar-refractivity contribution in [2.24, 2.45) is 0 Å². The SMILES string of the molecule is CC(C)(C)OO.O.O. The van der Waals surface area contributed by atoms with Gasteiger partial charge in [-0.15, -0.1) is 0 Å². The van der Waals surface area contributed by atoms with Crippen LogP contribution in [0.15, 0.2) is 0 Å². The fourth-order valence-electron chi connectivity index (χ4n) is 0. The summed E-state index contributed by atoms with van der Waals surface area (Å²) >= 11 is 0. The highest BCUT2D eigenvalue weighted by Crippen LogP contribution is 2.01. The fourth-order valence-corrected chi connectivity index (χ4v) is 0. The average Bonchev–Trinajstić information content (AvgIpc) is 1.35. The third-order valence-corrected chi connectivity index (χ3v) is 0.274. The molecule has 0 radical (unpaired) electrons. The van der Waals surface area contributed by atoms with Crippen molar-refractivity contribution in [1.29, 1.82) is 0 Å². The van der Waals surface area contributed by atoms with Gasteiger partial charge in [-0.05, 0) is 20.8 Å². The number of rotatable bonds is 0. The normalized spacial score (nSPS) is 9.00. The highest BCUT2D eigenvalue weighted by molar-refractivity contribution is 4.53. The molecule has 0 aliphatic rings. The largest absolute Gasteiger partial charge is 0.412 e. The maximum atomic E-state index is 7.90. The van der Waals surface area contributed by atoms with Crippen molar-refractivity contribution in [2.45, 2.75) is 26.4 Å². The molecule has 5 N–H and O–H groups in total. The third kappa shape index (κ3) is 17.0. The van der Waals surface area contributed by atoms with Gasteiger partial charge in [-0.3, -0.25) is 5.26 Å². The minimum Gasteiger partial charge on any atom is -0.412 e. The lowest BCUT2D eigenvalue weighted by Crippen LogP contribution is -2.15. The first kappa shape index (κ1) is 15.7. The van der Waals surface area contributed by atoms with Gasteiger partial charge in [0.25, 0.3) is 0 Å². The quantitative estimate of drug-likeness (QED) is 0.354. The first-order valence-corrected chi connectivity index (χ1v) is 1.89. The molecule has 0 aromatic rings. The Kier molecular flexibility index (Phi) is 9.76. The van der Waals surface area contributed by atoms with Gasteiger partial charge in [0.05, 0.1) is 5.60 Å². The van der Waals surface area contributed by atoms with Gasteiger partial charge in [0.1, 0.15) is 0 Å². The van der Waals surface area contributed by atoms with Gasteiger partial charge < -0.3 is 11.0 Å². The van der Waals surface area contributed by atoms with Crippen LogP contribution in [0.2, 0.25) is 0 Å². The highest BCUT2D eigenvalue weighted by atomic mass is 17.1. The Hall–Kier alpha value is -0.160. The number of hydrogen-bond acceptors (Lipinski definition) is 2. The summed E-state index contributed by atoms with van der Waals surface area (Å²) < 4.78 is 0. The molecule has 0 aliphatic heterocycles. The van der Waals surface area contributed by atoms with Crippen molar-refractivity contribution in [2.75, 3.05) is 0 Å². The van der Waals surface area contributed by atoms with E-state index in [1.165, 1.54) is 0 Å². The summed E-state index contributed by atoms with van der Waals surface area (Å²) in [7, 11) is 0. The van der Waals surface area contributed by atoms with Gasteiger partial charge in [-0.25, -0.2) is 4.89 Å². The second kappa shape index (κ2) is 4.99. The van der Waals surface area contributed by atoms with E-state index in [1.807, 2.05) is 0 Å². The predicted molar refractivity (Wildman–Crippen MR) is 30.7 cm³/mol. The molecule has 0 aromatic heterocycles. The van der Waals surface area contributed by atoms with Gasteiger partial charge in [-0.1, -0.05) is 0 Å². The van der Waals surface area contributed by atoms with E-state index in [-0.39, 0.29) is 11.0 Å². The zero-order valence-corrected chi connectivity index (χ0v) is 5.36. The third-order valence-electron chi connectivity index (χ3n) is 0.274. The van der Waals surface area contributed by atoms with E-state index in [0.717, 1.165) is 0 Å². The van der Waals surface area contributed by atoms with Gasteiger partial charge in [-0.2, -0.15) is 0 Å². The van der Waals surface area contributed by atoms with E-state index in [9.17, 15) is 0 Å². The summed E-state index contributed by atoms with van der Waals surface area (Å²) in [6.45, 7) is 5.31. The summed E-state index contributed by atoms with van der Waals surface area (Å²) in [5, 5.41) is 7.90. The Morgan fingerprint density at radius 2 is 1.25 bits per heavy atom. The smallest absolute Gasteiger partial charge is 0.0949 e. The molecule has 0 aromatic carbocycles. The van der Waals surface area contributed by atoms with Crippen LogP contribution in [0.25, 0.3) is 0 Å². The minimum atomic E-state index is -0.403. The fraction of sp³-hybridized carbons (Fsp3) is 1.00. The molecule has 4 nitrogen and oxygen atoms in total. The molecule has 0 fully saturated rings. The second-order valence-electron chi connectivity index (χ2n) is 2.20. The summed E-state index contributed by atoms with van der Waals surface area (Å²) in [5.41, 5.74) is -0.403. The van der Waals surface area contributed by atoms with Gasteiger partial charge >= 0.3 is 0 Å². The van der Waals surface area contributed by atoms with E-state index in [4.69, 9.17) is 5.26 Å². The van der Waals surface area contributed by atoms with Crippen molar-refractivity contribution in [3.05, 3.63) is 0 Å². The van der Waals surface area contributed by atoms with E-state index in [0.29, 0.717) is 0 Å². The zero-order valence-electron chi connectivity index (χ0n) is 5.36. The predicted octanol–water partition coefficient (Wildman–Crippen LogP) is -0.375. The van der Waals surface area contributed by atoms with E-state index in [2.05, 4.69) is 4.89 Å². The van der Waals surface area contributed by atoms with Crippen LogP contribution in [-0.2, 0) is 4.89 Å². The maximum absolute atomic E-state index is 7.90. The van der Waals surface area contributed by atoms with Crippen LogP contribution in [-0.4, -0.2) is 21.8 Å². The van der Waals surface area contributed by atoms with Crippen molar-refractivity contribution < 1.29 is 21.1 Å². The topological polar surface area (TPSA) is 92.5 Å². The molecule has 0 saturated carbocycles. The molecular formula is C4H14O4. The first-order chi connectivity index (χ1) is 2.56. The molecule has 0 rings (SSSR count). The Balaban J connectivity index is -0.000000125. The molecule has 0 saturated heterocycles. The maximum Gasteiger partial charge on any atom is 0.0949 e. The Bertz CT molecular complexity index is 37.8. The van der Waals surface area contributed by atoms with Crippen LogP contribution in [0, 0.1) is 0 Å². The van der Waals surface area contributed by atoms with E-state index < -0.39 is 5.60 Å². The second-order valence-corrected chi connectivity index (χ2v) is 2.20. The number of hydrogen-bond donors (Lipinski definition) is 1. The molecule has 0 aliphatic carbocycles. The molecule has 0 heterocycles. The van der Waals surface area contributed by atoms with E-state index >= 15 is 0 Å². The zero-order chi connectivity index (χ0) is 5.21. The lowest BCUT2D eigenvalue weighted by molar-refractivity contribution is -0.306. The summed E-state index contributed by atoms with van der Waals surface area (Å²) in [6, 6.07) is 0. The summed E-state index contributed by atoms with van der Waals surface area (Å²) in [4.78, 5) is 3.94. The van der Waals surface area contributed by atoms with Crippen molar-refractivity contribution in [1.82, 2.24) is 0 Å². The van der Waals surface area contributed by atoms with Crippen LogP contribution in [0.4, 0.5) is 0 Å². The molecule has 4 heteroatoms. The van der Waals surface area contributed by atoms with Crippen LogP contribution >= 0.6 is 0 Å². The molecule has 0 bridgehead atoms. The average molecular weight is 126 g/mol. The molecule has 0 unspecified atom stereocenters. The first-order valence-electron chi connectivity index (χ1n) is 1.89. The lowest BCUT2D eigenvalue weighted by Gasteiger charge is -2.10. The van der Waals surface area contributed by atoms with Crippen LogP contribution in [0.3, 0.4) is 0 Å². The van der Waals surface area contributed by atoms with Crippen LogP contribution in [0.1, 0.15) is 20.8 Å². The van der Waals surface area contributed by atoms with E-state index in [1.54, 1.807) is 20.8 Å². The van der Waals surface area contributed by atoms with Crippen molar-refractivity contribution >= 4 is 0 Å². The van der Waals surface area contributed by atoms with Crippen LogP contribution in [0.5, 0.6) is 0 Å². The van der Waals surface area contributed by atoms with Crippen molar-refractivity contribution in [3.63, 3.8) is 0 Å². The van der Waals surface area contributed by atoms with Gasteiger partial charge in [0, 0.05) is 0 Å². The molecule has 0 amide bonds. The monoisotopic (exact) mass is 126 g/mol. The Labute approximate surface area is 48.6 Å². The summed E-state index contributed by atoms with van der Waals surface area (Å²) in [6.07, 6.45) is 0. The standard InChI is InChI=1S/C4H10O2.2H2O/c1-4(2,3)6-5;;/h5H,1-3H3;2*1H2. The van der Waals surface area contributed by atoms with Gasteiger partial charge in [0.15, 0.2) is 0 Å². The molecular weight excluding hydrogens is 112 g/mol. The lowest BCUT2D eigenvalue weighted by atomic mass is 10.2.